The molecule has 0 amide bonds. The molecule has 2 aromatic rings. The average molecular weight is 520 g/mol. The van der Waals surface area contributed by atoms with E-state index in [9.17, 15) is 9.59 Å². The molecular weight excluding hydrogens is 499 g/mol. The van der Waals surface area contributed by atoms with Gasteiger partial charge in [0.25, 0.3) is 0 Å². The maximum atomic E-state index is 12.8. The zero-order valence-corrected chi connectivity index (χ0v) is 18.6. The Hall–Kier alpha value is -2.23. The number of esters is 2. The number of carbonyl (C=O) groups is 2. The molecule has 6 nitrogen and oxygen atoms in total. The Morgan fingerprint density at radius 2 is 1.40 bits per heavy atom. The zero-order valence-electron chi connectivity index (χ0n) is 16.5. The van der Waals surface area contributed by atoms with Crippen LogP contribution in [0.3, 0.4) is 0 Å². The van der Waals surface area contributed by atoms with Gasteiger partial charge in [-0.3, -0.25) is 0 Å². The molecule has 7 heteroatoms. The topological polar surface area (TPSA) is 71.1 Å². The molecule has 1 heterocycles. The van der Waals surface area contributed by atoms with Crippen molar-refractivity contribution >= 4 is 34.5 Å². The van der Waals surface area contributed by atoms with Crippen molar-refractivity contribution in [2.75, 3.05) is 0 Å². The summed E-state index contributed by atoms with van der Waals surface area (Å²) in [7, 11) is 0. The Labute approximate surface area is 188 Å². The molecule has 1 aliphatic heterocycles. The second-order valence-corrected chi connectivity index (χ2v) is 8.79. The van der Waals surface area contributed by atoms with E-state index in [1.54, 1.807) is 68.5 Å². The molecule has 0 bridgehead atoms. The number of benzene rings is 2. The number of hydrogen-bond donors (Lipinski definition) is 0. The fourth-order valence-corrected chi connectivity index (χ4v) is 4.38. The molecule has 1 fully saturated rings. The van der Waals surface area contributed by atoms with E-state index >= 15 is 0 Å². The molecule has 4 rings (SSSR count). The van der Waals surface area contributed by atoms with E-state index in [2.05, 4.69) is 22.6 Å². The van der Waals surface area contributed by atoms with Crippen LogP contribution in [0.2, 0.25) is 0 Å². The second kappa shape index (κ2) is 8.49. The van der Waals surface area contributed by atoms with Crippen molar-refractivity contribution in [3.05, 3.63) is 81.4 Å². The van der Waals surface area contributed by atoms with E-state index in [-0.39, 0.29) is 0 Å². The van der Waals surface area contributed by atoms with E-state index in [4.69, 9.17) is 18.9 Å². The first-order valence-corrected chi connectivity index (χ1v) is 10.7. The Morgan fingerprint density at radius 1 is 0.867 bits per heavy atom. The lowest BCUT2D eigenvalue weighted by atomic mass is 9.95. The number of halogens is 1. The number of ether oxygens (including phenoxy) is 4. The van der Waals surface area contributed by atoms with Gasteiger partial charge < -0.3 is 18.9 Å². The number of fused-ring (bicyclic) bond motifs is 1. The average Bonchev–Trinajstić information content (AvgIpc) is 3.08. The highest BCUT2D eigenvalue weighted by molar-refractivity contribution is 14.1. The molecule has 0 aromatic heterocycles. The lowest BCUT2D eigenvalue weighted by molar-refractivity contribution is -0.159. The van der Waals surface area contributed by atoms with Gasteiger partial charge in [-0.25, -0.2) is 9.59 Å². The summed E-state index contributed by atoms with van der Waals surface area (Å²) in [6, 6.07) is 17.4. The largest absolute Gasteiger partial charge is 0.452 e. The van der Waals surface area contributed by atoms with E-state index in [0.29, 0.717) is 11.1 Å². The van der Waals surface area contributed by atoms with Crippen LogP contribution in [0.15, 0.2) is 70.3 Å². The highest BCUT2D eigenvalue weighted by Gasteiger charge is 2.53. The zero-order chi connectivity index (χ0) is 21.3. The van der Waals surface area contributed by atoms with E-state index in [1.165, 1.54) is 0 Å². The van der Waals surface area contributed by atoms with Gasteiger partial charge in [0.15, 0.2) is 18.0 Å². The maximum absolute atomic E-state index is 12.8. The van der Waals surface area contributed by atoms with E-state index in [0.717, 1.165) is 3.58 Å². The summed E-state index contributed by atoms with van der Waals surface area (Å²) in [5, 5.41) is 0. The van der Waals surface area contributed by atoms with Gasteiger partial charge in [0.1, 0.15) is 12.2 Å². The van der Waals surface area contributed by atoms with Crippen LogP contribution in [0.5, 0.6) is 0 Å². The second-order valence-electron chi connectivity index (χ2n) is 7.54. The molecule has 2 aliphatic rings. The molecule has 0 radical (unpaired) electrons. The van der Waals surface area contributed by atoms with Crippen molar-refractivity contribution in [2.24, 2.45) is 0 Å². The van der Waals surface area contributed by atoms with Gasteiger partial charge in [0.05, 0.1) is 11.1 Å². The predicted octanol–water partition coefficient (Wildman–Crippen LogP) is 4.29. The lowest BCUT2D eigenvalue weighted by Gasteiger charge is -2.34. The summed E-state index contributed by atoms with van der Waals surface area (Å²) in [4.78, 5) is 25.4. The number of hydrogen-bond acceptors (Lipinski definition) is 6. The van der Waals surface area contributed by atoms with Gasteiger partial charge >= 0.3 is 11.9 Å². The minimum Gasteiger partial charge on any atom is -0.452 e. The molecule has 0 saturated carbocycles. The third-order valence-corrected chi connectivity index (χ3v) is 5.85. The molecule has 2 aromatic carbocycles. The van der Waals surface area contributed by atoms with E-state index < -0.39 is 42.1 Å². The predicted molar refractivity (Wildman–Crippen MR) is 117 cm³/mol. The summed E-state index contributed by atoms with van der Waals surface area (Å²) in [5.74, 6) is -1.87. The Morgan fingerprint density at radius 3 is 1.97 bits per heavy atom. The molecule has 0 N–H and O–H groups in total. The van der Waals surface area contributed by atoms with Crippen LogP contribution in [0, 0.1) is 0 Å². The van der Waals surface area contributed by atoms with Gasteiger partial charge in [-0.2, -0.15) is 0 Å². The van der Waals surface area contributed by atoms with Crippen molar-refractivity contribution in [3.63, 3.8) is 0 Å². The smallest absolute Gasteiger partial charge is 0.338 e. The Kier molecular flexibility index (Phi) is 5.95. The van der Waals surface area contributed by atoms with E-state index in [1.807, 2.05) is 12.1 Å². The third-order valence-electron chi connectivity index (χ3n) is 4.88. The number of carbonyl (C=O) groups excluding carboxylic acids is 2. The summed E-state index contributed by atoms with van der Waals surface area (Å²) in [6.45, 7) is 3.60. The fraction of sp³-hybridized carbons (Fsp3) is 0.304. The summed E-state index contributed by atoms with van der Waals surface area (Å²) < 4.78 is 24.4. The first kappa shape index (κ1) is 21.0. The molecule has 4 atom stereocenters. The highest BCUT2D eigenvalue weighted by Crippen LogP contribution is 2.41. The molecule has 1 saturated heterocycles. The van der Waals surface area contributed by atoms with Crippen LogP contribution in [0.4, 0.5) is 0 Å². The van der Waals surface area contributed by atoms with Crippen molar-refractivity contribution in [2.45, 2.75) is 44.1 Å². The van der Waals surface area contributed by atoms with Crippen molar-refractivity contribution in [1.29, 1.82) is 0 Å². The van der Waals surface area contributed by atoms with Crippen LogP contribution in [-0.2, 0) is 18.9 Å². The molecule has 0 unspecified atom stereocenters. The maximum Gasteiger partial charge on any atom is 0.338 e. The van der Waals surface area contributed by atoms with Crippen LogP contribution < -0.4 is 0 Å². The minimum absolute atomic E-state index is 0.402. The first-order chi connectivity index (χ1) is 14.3. The molecular formula is C23H21IO6. The lowest BCUT2D eigenvalue weighted by Crippen LogP contribution is -2.50. The summed E-state index contributed by atoms with van der Waals surface area (Å²) >= 11 is 2.15. The molecule has 0 spiro atoms. The summed E-state index contributed by atoms with van der Waals surface area (Å²) in [6.07, 6.45) is -0.901. The number of rotatable bonds is 4. The van der Waals surface area contributed by atoms with Gasteiger partial charge in [0, 0.05) is 3.58 Å². The molecule has 156 valence electrons. The summed E-state index contributed by atoms with van der Waals surface area (Å²) in [5.41, 5.74) is 0.824. The SMILES string of the molecule is CC1(C)O[C@H]2[C@H](OC(=O)c3ccccc3)[C@H](OC(=O)c3ccccc3)C=C(I)[C@H]2O1. The van der Waals surface area contributed by atoms with Gasteiger partial charge in [-0.15, -0.1) is 0 Å². The highest BCUT2D eigenvalue weighted by atomic mass is 127. The van der Waals surface area contributed by atoms with Crippen molar-refractivity contribution in [3.8, 4) is 0 Å². The van der Waals surface area contributed by atoms with Crippen LogP contribution >= 0.6 is 22.6 Å². The van der Waals surface area contributed by atoms with Gasteiger partial charge in [-0.05, 0) is 66.8 Å². The fourth-order valence-electron chi connectivity index (χ4n) is 3.54. The van der Waals surface area contributed by atoms with Crippen molar-refractivity contribution < 1.29 is 28.5 Å². The quantitative estimate of drug-likeness (QED) is 0.443. The van der Waals surface area contributed by atoms with Gasteiger partial charge in [0.2, 0.25) is 0 Å². The van der Waals surface area contributed by atoms with Crippen LogP contribution in [0.1, 0.15) is 34.6 Å². The van der Waals surface area contributed by atoms with Crippen molar-refractivity contribution in [1.82, 2.24) is 0 Å². The minimum atomic E-state index is -0.852. The Balaban J connectivity index is 1.62. The van der Waals surface area contributed by atoms with Crippen LogP contribution in [-0.4, -0.2) is 42.1 Å². The molecule has 1 aliphatic carbocycles. The molecule has 30 heavy (non-hydrogen) atoms. The normalized spacial score (nSPS) is 27.0. The van der Waals surface area contributed by atoms with Crippen LogP contribution in [0.25, 0.3) is 0 Å². The van der Waals surface area contributed by atoms with Gasteiger partial charge in [-0.1, -0.05) is 36.4 Å². The monoisotopic (exact) mass is 520 g/mol. The first-order valence-electron chi connectivity index (χ1n) is 9.59. The Bertz CT molecular complexity index is 956. The standard InChI is InChI=1S/C23H21IO6/c1-23(2)29-18-16(24)13-17(27-21(25)14-9-5-3-6-10-14)19(20(18)30-23)28-22(26)15-11-7-4-8-12-15/h3-13,17-20H,1-2H3/t17-,18-,19-,20-/m1/s1. The third kappa shape index (κ3) is 4.43.